The monoisotopic (exact) mass is 377 g/mol. The van der Waals surface area contributed by atoms with Gasteiger partial charge in [0.05, 0.1) is 13.7 Å². The molecule has 1 aliphatic rings. The van der Waals surface area contributed by atoms with Crippen LogP contribution in [0.1, 0.15) is 23.2 Å². The van der Waals surface area contributed by atoms with Crippen LogP contribution in [-0.4, -0.2) is 37.3 Å². The summed E-state index contributed by atoms with van der Waals surface area (Å²) in [6.45, 7) is 1.40. The predicted molar refractivity (Wildman–Crippen MR) is 77.9 cm³/mol. The summed E-state index contributed by atoms with van der Waals surface area (Å²) in [5, 5.41) is 0. The second-order valence-corrected chi connectivity index (χ2v) is 5.35. The Kier molecular flexibility index (Phi) is 5.34. The molecule has 0 saturated carbocycles. The Bertz CT molecular complexity index is 450. The third-order valence-corrected chi connectivity index (χ3v) is 3.73. The molecule has 0 bridgehead atoms. The summed E-state index contributed by atoms with van der Waals surface area (Å²) in [5.74, 6) is 0.0750. The van der Waals surface area contributed by atoms with Gasteiger partial charge in [0.25, 0.3) is 5.91 Å². The second-order valence-electron chi connectivity index (χ2n) is 4.19. The van der Waals surface area contributed by atoms with Crippen molar-refractivity contribution in [1.29, 1.82) is 0 Å². The third kappa shape index (κ3) is 3.77. The van der Waals surface area contributed by atoms with Crippen LogP contribution in [-0.2, 0) is 4.74 Å². The van der Waals surface area contributed by atoms with Crippen LogP contribution in [0.4, 0.5) is 0 Å². The van der Waals surface area contributed by atoms with Gasteiger partial charge in [-0.1, -0.05) is 0 Å². The van der Waals surface area contributed by atoms with E-state index in [-0.39, 0.29) is 11.9 Å². The van der Waals surface area contributed by atoms with Crippen molar-refractivity contribution < 1.29 is 14.3 Å². The van der Waals surface area contributed by atoms with Crippen LogP contribution in [0, 0.1) is 3.57 Å². The second kappa shape index (κ2) is 7.01. The lowest BCUT2D eigenvalue weighted by Crippen LogP contribution is -2.48. The molecule has 7 heteroatoms. The molecule has 1 aromatic rings. The average Bonchev–Trinajstić information content (AvgIpc) is 2.45. The molecule has 1 saturated heterocycles. The smallest absolute Gasteiger partial charge is 0.271 e. The number of pyridine rings is 1. The maximum absolute atomic E-state index is 12.1. The lowest BCUT2D eigenvalue weighted by Gasteiger charge is -2.23. The summed E-state index contributed by atoms with van der Waals surface area (Å²) >= 11 is 2.09. The lowest BCUT2D eigenvalue weighted by atomic mass is 10.1. The van der Waals surface area contributed by atoms with Gasteiger partial charge in [-0.25, -0.2) is 10.4 Å². The van der Waals surface area contributed by atoms with Gasteiger partial charge in [0.1, 0.15) is 5.56 Å². The van der Waals surface area contributed by atoms with Crippen LogP contribution in [0.15, 0.2) is 12.3 Å². The molecule has 1 aromatic heterocycles. The van der Waals surface area contributed by atoms with Crippen LogP contribution in [0.25, 0.3) is 0 Å². The Morgan fingerprint density at radius 2 is 2.47 bits per heavy atom. The van der Waals surface area contributed by atoms with Crippen molar-refractivity contribution in [2.24, 2.45) is 0 Å². The number of halogens is 1. The summed E-state index contributed by atoms with van der Waals surface area (Å²) in [6, 6.07) is 1.92. The number of carbonyl (C=O) groups excluding carboxylic acids is 1. The van der Waals surface area contributed by atoms with E-state index in [1.807, 2.05) is 0 Å². The van der Waals surface area contributed by atoms with Gasteiger partial charge in [-0.2, -0.15) is 0 Å². The topological polar surface area (TPSA) is 72.5 Å². The van der Waals surface area contributed by atoms with Crippen LogP contribution in [0.3, 0.4) is 0 Å². The van der Waals surface area contributed by atoms with Gasteiger partial charge >= 0.3 is 0 Å². The molecule has 0 aromatic carbocycles. The van der Waals surface area contributed by atoms with Gasteiger partial charge < -0.3 is 9.47 Å². The molecule has 104 valence electrons. The number of hydrazine groups is 1. The van der Waals surface area contributed by atoms with Crippen molar-refractivity contribution in [3.63, 3.8) is 0 Å². The number of carbonyl (C=O) groups is 1. The number of ether oxygens (including phenoxy) is 2. The highest BCUT2D eigenvalue weighted by molar-refractivity contribution is 14.1. The van der Waals surface area contributed by atoms with E-state index in [0.29, 0.717) is 18.1 Å². The normalized spacial score (nSPS) is 18.9. The molecule has 1 amide bonds. The molecule has 0 aliphatic carbocycles. The fraction of sp³-hybridized carbons (Fsp3) is 0.500. The van der Waals surface area contributed by atoms with Gasteiger partial charge in [0.15, 0.2) is 0 Å². The highest BCUT2D eigenvalue weighted by Gasteiger charge is 2.19. The average molecular weight is 377 g/mol. The molecule has 1 atom stereocenters. The van der Waals surface area contributed by atoms with Crippen molar-refractivity contribution in [3.8, 4) is 5.88 Å². The molecule has 0 radical (unpaired) electrons. The SMILES string of the molecule is COc1nccc(I)c1C(=O)NNC1CCCOC1. The first-order chi connectivity index (χ1) is 9.22. The zero-order valence-corrected chi connectivity index (χ0v) is 12.8. The van der Waals surface area contributed by atoms with E-state index in [2.05, 4.69) is 38.4 Å². The number of amides is 1. The van der Waals surface area contributed by atoms with Crippen molar-refractivity contribution in [2.45, 2.75) is 18.9 Å². The first kappa shape index (κ1) is 14.5. The summed E-state index contributed by atoms with van der Waals surface area (Å²) < 4.78 is 11.2. The molecule has 19 heavy (non-hydrogen) atoms. The predicted octanol–water partition coefficient (Wildman–Crippen LogP) is 1.11. The van der Waals surface area contributed by atoms with Crippen LogP contribution >= 0.6 is 22.6 Å². The fourth-order valence-electron chi connectivity index (χ4n) is 1.87. The zero-order valence-electron chi connectivity index (χ0n) is 10.6. The summed E-state index contributed by atoms with van der Waals surface area (Å²) in [4.78, 5) is 16.2. The fourth-order valence-corrected chi connectivity index (χ4v) is 2.50. The summed E-state index contributed by atoms with van der Waals surface area (Å²) in [7, 11) is 1.50. The first-order valence-electron chi connectivity index (χ1n) is 6.04. The molecule has 1 fully saturated rings. The van der Waals surface area contributed by atoms with Gasteiger partial charge in [0, 0.05) is 22.4 Å². The minimum Gasteiger partial charge on any atom is -0.480 e. The van der Waals surface area contributed by atoms with Crippen LogP contribution in [0.5, 0.6) is 5.88 Å². The van der Waals surface area contributed by atoms with E-state index >= 15 is 0 Å². The third-order valence-electron chi connectivity index (χ3n) is 2.84. The number of nitrogens with one attached hydrogen (secondary N) is 2. The Morgan fingerprint density at radius 1 is 1.63 bits per heavy atom. The van der Waals surface area contributed by atoms with Crippen molar-refractivity contribution in [3.05, 3.63) is 21.4 Å². The van der Waals surface area contributed by atoms with E-state index in [9.17, 15) is 4.79 Å². The quantitative estimate of drug-likeness (QED) is 0.608. The van der Waals surface area contributed by atoms with Gasteiger partial charge in [-0.15, -0.1) is 0 Å². The number of methoxy groups -OCH3 is 1. The molecule has 2 rings (SSSR count). The maximum atomic E-state index is 12.1. The lowest BCUT2D eigenvalue weighted by molar-refractivity contribution is 0.0618. The molecule has 0 spiro atoms. The molecular formula is C12H16IN3O3. The molecule has 2 N–H and O–H groups in total. The number of hydrogen-bond acceptors (Lipinski definition) is 5. The van der Waals surface area contributed by atoms with E-state index in [1.165, 1.54) is 7.11 Å². The Morgan fingerprint density at radius 3 is 3.16 bits per heavy atom. The Balaban J connectivity index is 1.99. The molecular weight excluding hydrogens is 361 g/mol. The minimum absolute atomic E-state index is 0.151. The molecule has 6 nitrogen and oxygen atoms in total. The first-order valence-corrected chi connectivity index (χ1v) is 7.12. The largest absolute Gasteiger partial charge is 0.480 e. The molecule has 2 heterocycles. The van der Waals surface area contributed by atoms with Crippen LogP contribution in [0.2, 0.25) is 0 Å². The van der Waals surface area contributed by atoms with E-state index in [0.717, 1.165) is 23.0 Å². The Labute approximate surface area is 125 Å². The van der Waals surface area contributed by atoms with Crippen molar-refractivity contribution in [1.82, 2.24) is 15.8 Å². The molecule has 1 aliphatic heterocycles. The van der Waals surface area contributed by atoms with Crippen molar-refractivity contribution in [2.75, 3.05) is 20.3 Å². The molecule has 1 unspecified atom stereocenters. The number of hydrogen-bond donors (Lipinski definition) is 2. The maximum Gasteiger partial charge on any atom is 0.271 e. The van der Waals surface area contributed by atoms with E-state index in [4.69, 9.17) is 9.47 Å². The standard InChI is InChI=1S/C12H16IN3O3/c1-18-12-10(9(13)4-5-14-12)11(17)16-15-8-3-2-6-19-7-8/h4-5,8,15H,2-3,6-7H2,1H3,(H,16,17). The van der Waals surface area contributed by atoms with Gasteiger partial charge in [-0.05, 0) is 41.5 Å². The Hall–Kier alpha value is -0.930. The minimum atomic E-state index is -0.250. The number of nitrogens with zero attached hydrogens (tertiary/aromatic N) is 1. The zero-order chi connectivity index (χ0) is 13.7. The van der Waals surface area contributed by atoms with Crippen molar-refractivity contribution >= 4 is 28.5 Å². The van der Waals surface area contributed by atoms with E-state index < -0.39 is 0 Å². The summed E-state index contributed by atoms with van der Waals surface area (Å²) in [6.07, 6.45) is 3.60. The van der Waals surface area contributed by atoms with E-state index in [1.54, 1.807) is 12.3 Å². The number of rotatable bonds is 4. The van der Waals surface area contributed by atoms with Crippen LogP contribution < -0.4 is 15.6 Å². The van der Waals surface area contributed by atoms with Gasteiger partial charge in [0.2, 0.25) is 5.88 Å². The highest BCUT2D eigenvalue weighted by atomic mass is 127. The van der Waals surface area contributed by atoms with Gasteiger partial charge in [-0.3, -0.25) is 10.2 Å². The highest BCUT2D eigenvalue weighted by Crippen LogP contribution is 2.20. The summed E-state index contributed by atoms with van der Waals surface area (Å²) in [5.41, 5.74) is 6.12. The number of aromatic nitrogens is 1.